The summed E-state index contributed by atoms with van der Waals surface area (Å²) in [5.74, 6) is -0.305. The molecular weight excluding hydrogens is 266 g/mol. The fourth-order valence-electron chi connectivity index (χ4n) is 2.56. The van der Waals surface area contributed by atoms with Gasteiger partial charge >= 0.3 is 0 Å². The van der Waals surface area contributed by atoms with Crippen molar-refractivity contribution >= 4 is 23.2 Å². The smallest absolute Gasteiger partial charge is 0.238 e. The molecule has 1 aromatic carbocycles. The first-order chi connectivity index (χ1) is 10.1. The van der Waals surface area contributed by atoms with Crippen LogP contribution in [0, 0.1) is 24.2 Å². The quantitative estimate of drug-likeness (QED) is 0.892. The molecule has 0 saturated heterocycles. The summed E-state index contributed by atoms with van der Waals surface area (Å²) in [5, 5.41) is 14.1. The molecule has 5 heteroatoms. The van der Waals surface area contributed by atoms with Gasteiger partial charge < -0.3 is 10.6 Å². The Balaban J connectivity index is 2.12. The Morgan fingerprint density at radius 3 is 2.62 bits per heavy atom. The number of rotatable bonds is 4. The van der Waals surface area contributed by atoms with Crippen LogP contribution in [0.5, 0.6) is 0 Å². The molecule has 5 nitrogen and oxygen atoms in total. The van der Waals surface area contributed by atoms with Gasteiger partial charge in [0.15, 0.2) is 0 Å². The van der Waals surface area contributed by atoms with E-state index in [1.54, 1.807) is 12.1 Å². The summed E-state index contributed by atoms with van der Waals surface area (Å²) in [7, 11) is 0. The van der Waals surface area contributed by atoms with E-state index in [0.717, 1.165) is 31.2 Å². The van der Waals surface area contributed by atoms with Gasteiger partial charge in [-0.2, -0.15) is 5.26 Å². The van der Waals surface area contributed by atoms with Crippen molar-refractivity contribution in [2.24, 2.45) is 5.92 Å². The van der Waals surface area contributed by atoms with Crippen molar-refractivity contribution in [3.8, 4) is 6.07 Å². The second-order valence-corrected chi connectivity index (χ2v) is 5.40. The van der Waals surface area contributed by atoms with Crippen LogP contribution in [-0.4, -0.2) is 11.8 Å². The van der Waals surface area contributed by atoms with Gasteiger partial charge in [-0.1, -0.05) is 18.9 Å². The van der Waals surface area contributed by atoms with E-state index in [0.29, 0.717) is 11.4 Å². The zero-order valence-corrected chi connectivity index (χ0v) is 12.1. The van der Waals surface area contributed by atoms with Crippen LogP contribution in [0.25, 0.3) is 0 Å². The van der Waals surface area contributed by atoms with Crippen LogP contribution in [-0.2, 0) is 9.59 Å². The van der Waals surface area contributed by atoms with E-state index in [2.05, 4.69) is 10.6 Å². The molecule has 0 heterocycles. The molecule has 1 aromatic rings. The molecule has 0 aliphatic heterocycles. The zero-order valence-electron chi connectivity index (χ0n) is 12.1. The number of carbonyl (C=O) groups is 2. The largest absolute Gasteiger partial charge is 0.324 e. The molecule has 1 aliphatic carbocycles. The normalized spacial score (nSPS) is 14.5. The van der Waals surface area contributed by atoms with Crippen LogP contribution in [0.2, 0.25) is 0 Å². The molecule has 0 aromatic heterocycles. The molecule has 110 valence electrons. The van der Waals surface area contributed by atoms with Crippen molar-refractivity contribution in [2.75, 3.05) is 10.6 Å². The average Bonchev–Trinajstić information content (AvgIpc) is 2.96. The van der Waals surface area contributed by atoms with E-state index >= 15 is 0 Å². The van der Waals surface area contributed by atoms with Crippen LogP contribution in [0.3, 0.4) is 0 Å². The van der Waals surface area contributed by atoms with Gasteiger partial charge in [-0.3, -0.25) is 9.59 Å². The molecule has 0 radical (unpaired) electrons. The maximum absolute atomic E-state index is 12.2. The van der Waals surface area contributed by atoms with Crippen molar-refractivity contribution in [3.05, 3.63) is 23.8 Å². The standard InChI is InChI=1S/C16H19N3O2/c1-11-6-7-13(14(10-11)18-15(20)8-9-17)19-16(21)12-4-2-3-5-12/h6-7,10,12H,2-5,8H2,1H3,(H,18,20)(H,19,21). The first kappa shape index (κ1) is 15.0. The van der Waals surface area contributed by atoms with Crippen LogP contribution in [0.15, 0.2) is 18.2 Å². The number of anilines is 2. The van der Waals surface area contributed by atoms with Crippen LogP contribution < -0.4 is 10.6 Å². The lowest BCUT2D eigenvalue weighted by molar-refractivity contribution is -0.119. The van der Waals surface area contributed by atoms with Crippen molar-refractivity contribution in [1.82, 2.24) is 0 Å². The van der Waals surface area contributed by atoms with Gasteiger partial charge in [-0.25, -0.2) is 0 Å². The minimum absolute atomic E-state index is 0.00661. The highest BCUT2D eigenvalue weighted by Crippen LogP contribution is 2.28. The zero-order chi connectivity index (χ0) is 15.2. The van der Waals surface area contributed by atoms with Crippen molar-refractivity contribution in [2.45, 2.75) is 39.0 Å². The number of hydrogen-bond acceptors (Lipinski definition) is 3. The van der Waals surface area contributed by atoms with Gasteiger partial charge in [0, 0.05) is 5.92 Å². The predicted molar refractivity (Wildman–Crippen MR) is 80.6 cm³/mol. The molecule has 0 atom stereocenters. The minimum Gasteiger partial charge on any atom is -0.324 e. The summed E-state index contributed by atoms with van der Waals surface area (Å²) in [5.41, 5.74) is 2.10. The van der Waals surface area contributed by atoms with Crippen LogP contribution in [0.4, 0.5) is 11.4 Å². The van der Waals surface area contributed by atoms with E-state index in [4.69, 9.17) is 5.26 Å². The Kier molecular flexibility index (Phi) is 4.94. The lowest BCUT2D eigenvalue weighted by Gasteiger charge is -2.15. The first-order valence-corrected chi connectivity index (χ1v) is 7.18. The van der Waals surface area contributed by atoms with Crippen LogP contribution in [0.1, 0.15) is 37.7 Å². The lowest BCUT2D eigenvalue weighted by Crippen LogP contribution is -2.21. The fourth-order valence-corrected chi connectivity index (χ4v) is 2.56. The molecular formula is C16H19N3O2. The molecule has 0 bridgehead atoms. The molecule has 1 aliphatic rings. The molecule has 2 amide bonds. The number of aryl methyl sites for hydroxylation is 1. The SMILES string of the molecule is Cc1ccc(NC(=O)C2CCCC2)c(NC(=O)CC#N)c1. The highest BCUT2D eigenvalue weighted by molar-refractivity contribution is 6.00. The maximum atomic E-state index is 12.2. The molecule has 2 rings (SSSR count). The Morgan fingerprint density at radius 1 is 1.24 bits per heavy atom. The third kappa shape index (κ3) is 4.06. The van der Waals surface area contributed by atoms with E-state index in [-0.39, 0.29) is 24.2 Å². The summed E-state index contributed by atoms with van der Waals surface area (Å²) in [4.78, 5) is 23.8. The van der Waals surface area contributed by atoms with E-state index < -0.39 is 0 Å². The van der Waals surface area contributed by atoms with Crippen LogP contribution >= 0.6 is 0 Å². The second kappa shape index (κ2) is 6.89. The monoisotopic (exact) mass is 285 g/mol. The highest BCUT2D eigenvalue weighted by atomic mass is 16.2. The van der Waals surface area contributed by atoms with Crippen molar-refractivity contribution in [3.63, 3.8) is 0 Å². The van der Waals surface area contributed by atoms with E-state index in [1.165, 1.54) is 0 Å². The topological polar surface area (TPSA) is 82.0 Å². The molecule has 21 heavy (non-hydrogen) atoms. The highest BCUT2D eigenvalue weighted by Gasteiger charge is 2.23. The molecule has 1 saturated carbocycles. The Morgan fingerprint density at radius 2 is 1.95 bits per heavy atom. The maximum Gasteiger partial charge on any atom is 0.238 e. The Bertz CT molecular complexity index is 584. The molecule has 2 N–H and O–H groups in total. The number of nitrogens with one attached hydrogen (secondary N) is 2. The average molecular weight is 285 g/mol. The Labute approximate surface area is 124 Å². The third-order valence-corrected chi connectivity index (χ3v) is 3.67. The molecule has 0 unspecified atom stereocenters. The van der Waals surface area contributed by atoms with Gasteiger partial charge in [0.2, 0.25) is 11.8 Å². The summed E-state index contributed by atoms with van der Waals surface area (Å²) in [6.07, 6.45) is 3.83. The number of benzene rings is 1. The lowest BCUT2D eigenvalue weighted by atomic mass is 10.1. The number of carbonyl (C=O) groups excluding carboxylic acids is 2. The van der Waals surface area contributed by atoms with Crippen molar-refractivity contribution < 1.29 is 9.59 Å². The number of amides is 2. The summed E-state index contributed by atoms with van der Waals surface area (Å²) >= 11 is 0. The van der Waals surface area contributed by atoms with Gasteiger partial charge in [0.25, 0.3) is 0 Å². The van der Waals surface area contributed by atoms with Gasteiger partial charge in [0.1, 0.15) is 6.42 Å². The number of nitrogens with zero attached hydrogens (tertiary/aromatic N) is 1. The summed E-state index contributed by atoms with van der Waals surface area (Å²) in [6, 6.07) is 7.26. The summed E-state index contributed by atoms with van der Waals surface area (Å²) < 4.78 is 0. The van der Waals surface area contributed by atoms with Gasteiger partial charge in [0.05, 0.1) is 17.4 Å². The fraction of sp³-hybridized carbons (Fsp3) is 0.438. The third-order valence-electron chi connectivity index (χ3n) is 3.67. The van der Waals surface area contributed by atoms with E-state index in [1.807, 2.05) is 19.1 Å². The van der Waals surface area contributed by atoms with Crippen molar-refractivity contribution in [1.29, 1.82) is 5.26 Å². The minimum atomic E-state index is -0.375. The molecule has 1 fully saturated rings. The molecule has 0 spiro atoms. The summed E-state index contributed by atoms with van der Waals surface area (Å²) in [6.45, 7) is 1.91. The Hall–Kier alpha value is -2.35. The predicted octanol–water partition coefficient (Wildman–Crippen LogP) is 2.98. The first-order valence-electron chi connectivity index (χ1n) is 7.18. The van der Waals surface area contributed by atoms with Gasteiger partial charge in [-0.05, 0) is 37.5 Å². The number of hydrogen-bond donors (Lipinski definition) is 2. The van der Waals surface area contributed by atoms with Gasteiger partial charge in [-0.15, -0.1) is 0 Å². The number of nitriles is 1. The second-order valence-electron chi connectivity index (χ2n) is 5.40. The van der Waals surface area contributed by atoms with E-state index in [9.17, 15) is 9.59 Å².